The number of halogens is 1. The molecule has 0 unspecified atom stereocenters. The fourth-order valence-corrected chi connectivity index (χ4v) is 4.58. The third-order valence-electron chi connectivity index (χ3n) is 6.39. The molecule has 1 aliphatic heterocycles. The highest BCUT2D eigenvalue weighted by Gasteiger charge is 2.34. The van der Waals surface area contributed by atoms with E-state index in [0.29, 0.717) is 27.9 Å². The molecule has 1 N–H and O–H groups in total. The Labute approximate surface area is 243 Å². The molecule has 212 valence electrons. The number of amides is 2. The lowest BCUT2D eigenvalue weighted by Crippen LogP contribution is -2.49. The van der Waals surface area contributed by atoms with Gasteiger partial charge in [0, 0.05) is 22.7 Å². The van der Waals surface area contributed by atoms with Gasteiger partial charge in [-0.2, -0.15) is 4.80 Å². The third kappa shape index (κ3) is 6.83. The molecule has 5 rings (SSSR count). The first-order valence-electron chi connectivity index (χ1n) is 13.2. The van der Waals surface area contributed by atoms with Gasteiger partial charge in [-0.3, -0.25) is 9.59 Å². The molecule has 11 heteroatoms. The van der Waals surface area contributed by atoms with Crippen LogP contribution in [0.5, 0.6) is 11.5 Å². The van der Waals surface area contributed by atoms with E-state index in [2.05, 4.69) is 20.7 Å². The highest BCUT2D eigenvalue weighted by atomic mass is 35.5. The predicted molar refractivity (Wildman–Crippen MR) is 153 cm³/mol. The van der Waals surface area contributed by atoms with Gasteiger partial charge in [0.05, 0.1) is 0 Å². The fourth-order valence-electron chi connectivity index (χ4n) is 4.46. The maximum absolute atomic E-state index is 14.0. The molecule has 2 amide bonds. The Kier molecular flexibility index (Phi) is 7.94. The Hall–Kier alpha value is -4.44. The van der Waals surface area contributed by atoms with Gasteiger partial charge < -0.3 is 19.7 Å². The minimum Gasteiger partial charge on any atom is -0.454 e. The fraction of sp³-hybridized carbons (Fsp3) is 0.300. The minimum absolute atomic E-state index is 0.111. The number of aromatic nitrogens is 4. The summed E-state index contributed by atoms with van der Waals surface area (Å²) in [6.45, 7) is 7.67. The van der Waals surface area contributed by atoms with Gasteiger partial charge in [0.1, 0.15) is 12.6 Å². The van der Waals surface area contributed by atoms with Crippen LogP contribution in [0.3, 0.4) is 0 Å². The minimum atomic E-state index is -0.968. The van der Waals surface area contributed by atoms with Crippen molar-refractivity contribution >= 4 is 23.4 Å². The highest BCUT2D eigenvalue weighted by molar-refractivity contribution is 6.30. The van der Waals surface area contributed by atoms with E-state index < -0.39 is 11.6 Å². The number of carbonyl (C=O) groups is 2. The van der Waals surface area contributed by atoms with Gasteiger partial charge in [0.15, 0.2) is 11.5 Å². The van der Waals surface area contributed by atoms with Crippen LogP contribution in [0.1, 0.15) is 43.5 Å². The van der Waals surface area contributed by atoms with Crippen molar-refractivity contribution in [2.45, 2.75) is 52.4 Å². The van der Waals surface area contributed by atoms with E-state index in [0.717, 1.165) is 16.7 Å². The molecule has 0 aliphatic carbocycles. The molecule has 0 saturated heterocycles. The number of nitrogens with zero attached hydrogens (tertiary/aromatic N) is 5. The van der Waals surface area contributed by atoms with Crippen LogP contribution in [0.4, 0.5) is 0 Å². The lowest BCUT2D eigenvalue weighted by atomic mass is 10.0. The topological polar surface area (TPSA) is 111 Å². The molecule has 3 aromatic carbocycles. The van der Waals surface area contributed by atoms with Crippen molar-refractivity contribution in [2.24, 2.45) is 0 Å². The van der Waals surface area contributed by atoms with E-state index in [9.17, 15) is 9.59 Å². The summed E-state index contributed by atoms with van der Waals surface area (Å²) in [6, 6.07) is 19.1. The number of hydrogen-bond donors (Lipinski definition) is 1. The van der Waals surface area contributed by atoms with Crippen LogP contribution in [0.25, 0.3) is 11.4 Å². The molecule has 2 heterocycles. The van der Waals surface area contributed by atoms with Crippen molar-refractivity contribution in [1.29, 1.82) is 0 Å². The maximum atomic E-state index is 14.0. The van der Waals surface area contributed by atoms with Gasteiger partial charge in [-0.1, -0.05) is 59.6 Å². The van der Waals surface area contributed by atoms with E-state index in [4.69, 9.17) is 21.1 Å². The summed E-state index contributed by atoms with van der Waals surface area (Å²) in [6.07, 6.45) is 0. The number of benzene rings is 3. The summed E-state index contributed by atoms with van der Waals surface area (Å²) in [7, 11) is 0. The van der Waals surface area contributed by atoms with Crippen LogP contribution in [-0.2, 0) is 22.7 Å². The van der Waals surface area contributed by atoms with Gasteiger partial charge in [0.25, 0.3) is 0 Å². The van der Waals surface area contributed by atoms with E-state index >= 15 is 0 Å². The smallest absolute Gasteiger partial charge is 0.247 e. The Morgan fingerprint density at radius 3 is 2.44 bits per heavy atom. The molecule has 1 aromatic heterocycles. The maximum Gasteiger partial charge on any atom is 0.247 e. The number of ether oxygens (including phenoxy) is 2. The van der Waals surface area contributed by atoms with Crippen molar-refractivity contribution in [2.75, 3.05) is 6.79 Å². The predicted octanol–water partition coefficient (Wildman–Crippen LogP) is 4.72. The summed E-state index contributed by atoms with van der Waals surface area (Å²) in [5, 5.41) is 16.2. The first-order valence-corrected chi connectivity index (χ1v) is 13.5. The van der Waals surface area contributed by atoms with Crippen molar-refractivity contribution in [3.05, 3.63) is 88.4 Å². The lowest BCUT2D eigenvalue weighted by Gasteiger charge is -2.33. The van der Waals surface area contributed by atoms with E-state index in [1.807, 2.05) is 64.1 Å². The number of hydrogen-bond acceptors (Lipinski definition) is 7. The quantitative estimate of drug-likeness (QED) is 0.324. The zero-order valence-electron chi connectivity index (χ0n) is 23.3. The SMILES string of the molecule is Cc1ccc(-c2nnn(CC(=O)N(Cc3ccc4c(c3)OCO4)[C@H](C(=O)NC(C)(C)C)c3ccc(Cl)cc3)n2)cc1. The Morgan fingerprint density at radius 2 is 1.73 bits per heavy atom. The first-order chi connectivity index (χ1) is 19.6. The van der Waals surface area contributed by atoms with Crippen LogP contribution < -0.4 is 14.8 Å². The van der Waals surface area contributed by atoms with Crippen LogP contribution >= 0.6 is 11.6 Å². The molecule has 0 radical (unpaired) electrons. The number of fused-ring (bicyclic) bond motifs is 1. The number of tetrazole rings is 1. The molecular weight excluding hydrogens is 544 g/mol. The summed E-state index contributed by atoms with van der Waals surface area (Å²) in [5.74, 6) is 0.903. The molecular formula is C30H31ClN6O4. The second-order valence-corrected chi connectivity index (χ2v) is 11.3. The summed E-state index contributed by atoms with van der Waals surface area (Å²) < 4.78 is 11.0. The molecule has 0 fully saturated rings. The molecule has 10 nitrogen and oxygen atoms in total. The Morgan fingerprint density at radius 1 is 1.02 bits per heavy atom. The number of nitrogens with one attached hydrogen (secondary N) is 1. The molecule has 0 saturated carbocycles. The molecule has 0 spiro atoms. The van der Waals surface area contributed by atoms with Crippen molar-refractivity contribution in [3.8, 4) is 22.9 Å². The third-order valence-corrected chi connectivity index (χ3v) is 6.65. The normalized spacial score (nSPS) is 13.1. The number of carbonyl (C=O) groups excluding carboxylic acids is 2. The molecule has 1 aliphatic rings. The molecule has 41 heavy (non-hydrogen) atoms. The van der Waals surface area contributed by atoms with Crippen LogP contribution in [0.2, 0.25) is 5.02 Å². The molecule has 1 atom stereocenters. The van der Waals surface area contributed by atoms with Crippen molar-refractivity contribution in [1.82, 2.24) is 30.4 Å². The van der Waals surface area contributed by atoms with Gasteiger partial charge >= 0.3 is 0 Å². The molecule has 0 bridgehead atoms. The Bertz CT molecular complexity index is 1550. The summed E-state index contributed by atoms with van der Waals surface area (Å²) in [5.41, 5.74) is 2.73. The largest absolute Gasteiger partial charge is 0.454 e. The average Bonchev–Trinajstić information content (AvgIpc) is 3.58. The second-order valence-electron chi connectivity index (χ2n) is 10.9. The van der Waals surface area contributed by atoms with Gasteiger partial charge in [0.2, 0.25) is 24.4 Å². The number of rotatable bonds is 8. The van der Waals surface area contributed by atoms with Gasteiger partial charge in [-0.15, -0.1) is 10.2 Å². The zero-order valence-corrected chi connectivity index (χ0v) is 24.1. The van der Waals surface area contributed by atoms with E-state index in [-0.39, 0.29) is 31.7 Å². The Balaban J connectivity index is 1.50. The van der Waals surface area contributed by atoms with E-state index in [1.165, 1.54) is 9.70 Å². The van der Waals surface area contributed by atoms with Crippen LogP contribution in [-0.4, -0.2) is 49.3 Å². The average molecular weight is 575 g/mol. The van der Waals surface area contributed by atoms with Crippen molar-refractivity contribution in [3.63, 3.8) is 0 Å². The first kappa shape index (κ1) is 28.1. The zero-order chi connectivity index (χ0) is 29.1. The van der Waals surface area contributed by atoms with Crippen LogP contribution in [0, 0.1) is 6.92 Å². The molecule has 4 aromatic rings. The summed E-state index contributed by atoms with van der Waals surface area (Å²) in [4.78, 5) is 30.6. The van der Waals surface area contributed by atoms with E-state index in [1.54, 1.807) is 30.3 Å². The standard InChI is InChI=1S/C30H31ClN6O4/c1-19-5-8-22(9-6-19)28-33-35-37(34-28)17-26(38)36(16-20-7-14-24-25(15-20)41-18-40-24)27(29(39)32-30(2,3)4)21-10-12-23(31)13-11-21/h5-15,27H,16-18H2,1-4H3,(H,32,39)/t27-/m0/s1. The summed E-state index contributed by atoms with van der Waals surface area (Å²) >= 11 is 6.16. The van der Waals surface area contributed by atoms with Gasteiger partial charge in [-0.05, 0) is 68.3 Å². The highest BCUT2D eigenvalue weighted by Crippen LogP contribution is 2.34. The second kappa shape index (κ2) is 11.6. The number of aryl methyl sites for hydroxylation is 1. The monoisotopic (exact) mass is 574 g/mol. The van der Waals surface area contributed by atoms with Crippen molar-refractivity contribution < 1.29 is 19.1 Å². The van der Waals surface area contributed by atoms with Gasteiger partial charge in [-0.25, -0.2) is 0 Å². The lowest BCUT2D eigenvalue weighted by molar-refractivity contribution is -0.143. The van der Waals surface area contributed by atoms with Crippen LogP contribution in [0.15, 0.2) is 66.7 Å².